The van der Waals surface area contributed by atoms with Crippen molar-refractivity contribution in [2.75, 3.05) is 6.61 Å². The van der Waals surface area contributed by atoms with Crippen LogP contribution in [0.5, 0.6) is 0 Å². The van der Waals surface area contributed by atoms with Crippen LogP contribution in [0.4, 0.5) is 0 Å². The Morgan fingerprint density at radius 3 is 1.48 bits per heavy atom. The van der Waals surface area contributed by atoms with Gasteiger partial charge in [0.2, 0.25) is 5.91 Å². The molecule has 5 N–H and O–H groups in total. The predicted octanol–water partition coefficient (Wildman–Crippen LogP) is 9.95. The Labute approximate surface area is 296 Å². The fourth-order valence-corrected chi connectivity index (χ4v) is 5.76. The third-order valence-electron chi connectivity index (χ3n) is 9.02. The number of aliphatic hydroxyl groups excluding tert-OH is 4. The molecule has 48 heavy (non-hydrogen) atoms. The minimum Gasteiger partial charge on any atom is -0.394 e. The van der Waals surface area contributed by atoms with Gasteiger partial charge in [-0.25, -0.2) is 0 Å². The molecule has 0 aromatic rings. The first-order chi connectivity index (χ1) is 23.5. The van der Waals surface area contributed by atoms with Crippen LogP contribution in [-0.2, 0) is 4.79 Å². The van der Waals surface area contributed by atoms with Crippen molar-refractivity contribution >= 4 is 5.91 Å². The second-order valence-corrected chi connectivity index (χ2v) is 13.6. The summed E-state index contributed by atoms with van der Waals surface area (Å²) in [6, 6.07) is -1.01. The van der Waals surface area contributed by atoms with E-state index in [1.807, 2.05) is 0 Å². The van der Waals surface area contributed by atoms with Crippen LogP contribution in [0.3, 0.4) is 0 Å². The molecule has 4 unspecified atom stereocenters. The number of amides is 1. The zero-order chi connectivity index (χ0) is 35.3. The number of carbonyl (C=O) groups excluding carboxylic acids is 1. The van der Waals surface area contributed by atoms with E-state index in [0.717, 1.165) is 44.9 Å². The van der Waals surface area contributed by atoms with E-state index in [1.165, 1.54) is 103 Å². The largest absolute Gasteiger partial charge is 0.394 e. The molecule has 6 heteroatoms. The number of unbranched alkanes of at least 4 members (excludes halogenated alkanes) is 19. The minimum atomic E-state index is -1.29. The molecule has 1 amide bonds. The summed E-state index contributed by atoms with van der Waals surface area (Å²) in [7, 11) is 0. The van der Waals surface area contributed by atoms with Gasteiger partial charge in [0.05, 0.1) is 18.8 Å². The molecule has 0 aliphatic heterocycles. The lowest BCUT2D eigenvalue weighted by molar-refractivity contribution is -0.132. The average molecular weight is 676 g/mol. The molecule has 6 nitrogen and oxygen atoms in total. The SMILES string of the molecule is CCCCC/C=C\C=C/CCCCCCCCCCCC(O)C(=O)NC(CO)C(O)C(O)CCC/C=C/CC/C=C/CCCCCCC. The van der Waals surface area contributed by atoms with E-state index < -0.39 is 36.9 Å². The van der Waals surface area contributed by atoms with E-state index in [0.29, 0.717) is 19.3 Å². The van der Waals surface area contributed by atoms with Crippen molar-refractivity contribution in [1.82, 2.24) is 5.32 Å². The minimum absolute atomic E-state index is 0.352. The van der Waals surface area contributed by atoms with Gasteiger partial charge in [-0.05, 0) is 77.0 Å². The van der Waals surface area contributed by atoms with Crippen LogP contribution in [0, 0.1) is 0 Å². The molecule has 0 radical (unpaired) electrons. The van der Waals surface area contributed by atoms with Gasteiger partial charge in [-0.1, -0.05) is 152 Å². The van der Waals surface area contributed by atoms with E-state index in [2.05, 4.69) is 67.8 Å². The fraction of sp³-hybridized carbons (Fsp3) is 0.786. The van der Waals surface area contributed by atoms with E-state index >= 15 is 0 Å². The summed E-state index contributed by atoms with van der Waals surface area (Å²) in [5, 5.41) is 43.5. The van der Waals surface area contributed by atoms with Gasteiger partial charge in [-0.2, -0.15) is 0 Å². The van der Waals surface area contributed by atoms with Crippen LogP contribution in [0.2, 0.25) is 0 Å². The van der Waals surface area contributed by atoms with E-state index in [1.54, 1.807) is 0 Å². The number of aliphatic hydroxyl groups is 4. The van der Waals surface area contributed by atoms with E-state index in [9.17, 15) is 25.2 Å². The van der Waals surface area contributed by atoms with Gasteiger partial charge in [-0.15, -0.1) is 0 Å². The number of allylic oxidation sites excluding steroid dienone is 8. The van der Waals surface area contributed by atoms with Crippen molar-refractivity contribution in [2.24, 2.45) is 0 Å². The summed E-state index contributed by atoms with van der Waals surface area (Å²) < 4.78 is 0. The van der Waals surface area contributed by atoms with E-state index in [-0.39, 0.29) is 0 Å². The molecule has 0 aliphatic rings. The van der Waals surface area contributed by atoms with Crippen LogP contribution in [0.1, 0.15) is 181 Å². The summed E-state index contributed by atoms with van der Waals surface area (Å²) in [5.74, 6) is -0.605. The third-order valence-corrected chi connectivity index (χ3v) is 9.02. The fourth-order valence-electron chi connectivity index (χ4n) is 5.76. The summed E-state index contributed by atoms with van der Waals surface area (Å²) >= 11 is 0. The zero-order valence-corrected chi connectivity index (χ0v) is 31.2. The van der Waals surface area contributed by atoms with Crippen LogP contribution in [-0.4, -0.2) is 57.3 Å². The second-order valence-electron chi connectivity index (χ2n) is 13.6. The van der Waals surface area contributed by atoms with Gasteiger partial charge >= 0.3 is 0 Å². The highest BCUT2D eigenvalue weighted by molar-refractivity contribution is 5.80. The van der Waals surface area contributed by atoms with Gasteiger partial charge in [0.25, 0.3) is 0 Å². The highest BCUT2D eigenvalue weighted by Crippen LogP contribution is 2.14. The molecule has 280 valence electrons. The molecule has 0 aromatic heterocycles. The van der Waals surface area contributed by atoms with Crippen molar-refractivity contribution in [3.63, 3.8) is 0 Å². The molecule has 0 saturated heterocycles. The average Bonchev–Trinajstić information content (AvgIpc) is 3.09. The Balaban J connectivity index is 3.86. The second kappa shape index (κ2) is 36.5. The lowest BCUT2D eigenvalue weighted by Gasteiger charge is -2.27. The van der Waals surface area contributed by atoms with Crippen molar-refractivity contribution in [3.05, 3.63) is 48.6 Å². The Bertz CT molecular complexity index is 808. The summed E-state index contributed by atoms with van der Waals surface area (Å²) in [6.07, 6.45) is 42.7. The van der Waals surface area contributed by atoms with Crippen LogP contribution >= 0.6 is 0 Å². The first-order valence-corrected chi connectivity index (χ1v) is 20.0. The molecule has 4 atom stereocenters. The molecule has 0 aliphatic carbocycles. The first kappa shape index (κ1) is 46.3. The highest BCUT2D eigenvalue weighted by atomic mass is 16.3. The van der Waals surface area contributed by atoms with Gasteiger partial charge in [0.1, 0.15) is 12.2 Å². The van der Waals surface area contributed by atoms with Crippen molar-refractivity contribution in [1.29, 1.82) is 0 Å². The Hall–Kier alpha value is -1.73. The summed E-state index contributed by atoms with van der Waals surface area (Å²) in [4.78, 5) is 12.5. The maximum Gasteiger partial charge on any atom is 0.249 e. The number of hydrogen-bond acceptors (Lipinski definition) is 5. The molecule has 0 aromatic carbocycles. The van der Waals surface area contributed by atoms with Crippen LogP contribution < -0.4 is 5.32 Å². The van der Waals surface area contributed by atoms with Crippen molar-refractivity contribution in [2.45, 2.75) is 205 Å². The highest BCUT2D eigenvalue weighted by Gasteiger charge is 2.28. The maximum atomic E-state index is 12.5. The molecule has 0 spiro atoms. The zero-order valence-electron chi connectivity index (χ0n) is 31.2. The Kier molecular flexibility index (Phi) is 35.2. The first-order valence-electron chi connectivity index (χ1n) is 20.0. The number of nitrogens with one attached hydrogen (secondary N) is 1. The van der Waals surface area contributed by atoms with Gasteiger partial charge in [0.15, 0.2) is 0 Å². The molecular weight excluding hydrogens is 598 g/mol. The molecule has 0 heterocycles. The lowest BCUT2D eigenvalue weighted by Crippen LogP contribution is -2.53. The summed E-state index contributed by atoms with van der Waals surface area (Å²) in [6.45, 7) is 3.97. The monoisotopic (exact) mass is 676 g/mol. The quantitative estimate of drug-likeness (QED) is 0.0261. The molecule has 0 bridgehead atoms. The standard InChI is InChI=1S/C42H77NO5/c1-3-5-7-9-11-13-15-17-19-20-21-22-24-26-28-30-32-34-36-40(46)42(48)43-38(37-44)41(47)39(45)35-33-31-29-27-25-23-18-16-14-12-10-8-6-4-2/h11,13,15-18,27,29,38-41,44-47H,3-10,12,14,19-26,28,30-37H2,1-2H3,(H,43,48)/b13-11-,17-15-,18-16+,29-27+. The molecule has 0 saturated carbocycles. The van der Waals surface area contributed by atoms with Crippen LogP contribution in [0.15, 0.2) is 48.6 Å². The molecule has 0 fully saturated rings. The number of rotatable bonds is 35. The van der Waals surface area contributed by atoms with E-state index in [4.69, 9.17) is 0 Å². The Morgan fingerprint density at radius 2 is 0.938 bits per heavy atom. The molecular formula is C42H77NO5. The third kappa shape index (κ3) is 30.3. The van der Waals surface area contributed by atoms with Crippen LogP contribution in [0.25, 0.3) is 0 Å². The van der Waals surface area contributed by atoms with Gasteiger partial charge < -0.3 is 25.7 Å². The predicted molar refractivity (Wildman–Crippen MR) is 205 cm³/mol. The van der Waals surface area contributed by atoms with Crippen molar-refractivity contribution < 1.29 is 25.2 Å². The lowest BCUT2D eigenvalue weighted by atomic mass is 10.00. The molecule has 0 rings (SSSR count). The number of carbonyl (C=O) groups is 1. The maximum absolute atomic E-state index is 12.5. The van der Waals surface area contributed by atoms with Gasteiger partial charge in [0, 0.05) is 0 Å². The summed E-state index contributed by atoms with van der Waals surface area (Å²) in [5.41, 5.74) is 0. The Morgan fingerprint density at radius 1 is 0.521 bits per heavy atom. The number of hydrogen-bond donors (Lipinski definition) is 5. The smallest absolute Gasteiger partial charge is 0.249 e. The van der Waals surface area contributed by atoms with Gasteiger partial charge in [-0.3, -0.25) is 4.79 Å². The van der Waals surface area contributed by atoms with Crippen molar-refractivity contribution in [3.8, 4) is 0 Å². The topological polar surface area (TPSA) is 110 Å². The normalized spacial score (nSPS) is 14.9.